The number of nitrogens with one attached hydrogen (secondary N) is 2. The molecule has 4 aliphatic rings. The van der Waals surface area contributed by atoms with Gasteiger partial charge < -0.3 is 10.6 Å². The highest BCUT2D eigenvalue weighted by Crippen LogP contribution is 2.49. The second-order valence-electron chi connectivity index (χ2n) is 10.2. The molecule has 0 aliphatic heterocycles. The lowest BCUT2D eigenvalue weighted by atomic mass is 9.89. The van der Waals surface area contributed by atoms with Crippen molar-refractivity contribution in [3.63, 3.8) is 0 Å². The standard InChI is InChI=1S/C24H31BrN4/c25-20-5-6-21-22(11-20)28-24(27-13-19-10-15-2-4-17(19)8-15)29-23(21)26-12-18-9-14-1-3-16(18)7-14/h5-6,11,14-19H,1-4,7-10,12-13H2,(H2,26,27,28,29). The number of benzene rings is 1. The topological polar surface area (TPSA) is 49.8 Å². The molecule has 29 heavy (non-hydrogen) atoms. The van der Waals surface area contributed by atoms with E-state index in [1.807, 2.05) is 0 Å². The van der Waals surface area contributed by atoms with Gasteiger partial charge in [0.1, 0.15) is 5.82 Å². The number of hydrogen-bond donors (Lipinski definition) is 2. The zero-order valence-electron chi connectivity index (χ0n) is 17.0. The number of hydrogen-bond acceptors (Lipinski definition) is 4. The third-order valence-electron chi connectivity index (χ3n) is 8.48. The van der Waals surface area contributed by atoms with E-state index in [0.29, 0.717) is 0 Å². The molecule has 1 aromatic carbocycles. The van der Waals surface area contributed by atoms with Gasteiger partial charge in [-0.15, -0.1) is 0 Å². The highest BCUT2D eigenvalue weighted by molar-refractivity contribution is 9.10. The van der Waals surface area contributed by atoms with Gasteiger partial charge in [-0.2, -0.15) is 4.98 Å². The summed E-state index contributed by atoms with van der Waals surface area (Å²) in [6, 6.07) is 6.35. The van der Waals surface area contributed by atoms with Crippen molar-refractivity contribution in [3.8, 4) is 0 Å². The van der Waals surface area contributed by atoms with Gasteiger partial charge >= 0.3 is 0 Å². The van der Waals surface area contributed by atoms with Crippen molar-refractivity contribution in [2.24, 2.45) is 35.5 Å². The fourth-order valence-electron chi connectivity index (χ4n) is 7.02. The van der Waals surface area contributed by atoms with E-state index in [2.05, 4.69) is 44.8 Å². The molecule has 4 aliphatic carbocycles. The summed E-state index contributed by atoms with van der Waals surface area (Å²) in [6.45, 7) is 2.07. The summed E-state index contributed by atoms with van der Waals surface area (Å²) in [5.74, 6) is 7.25. The molecule has 4 saturated carbocycles. The fraction of sp³-hybridized carbons (Fsp3) is 0.667. The molecular formula is C24H31BrN4. The summed E-state index contributed by atoms with van der Waals surface area (Å²) < 4.78 is 1.07. The maximum atomic E-state index is 4.93. The van der Waals surface area contributed by atoms with Gasteiger partial charge in [-0.3, -0.25) is 0 Å². The van der Waals surface area contributed by atoms with Gasteiger partial charge in [0.15, 0.2) is 0 Å². The third kappa shape index (κ3) is 3.54. The third-order valence-corrected chi connectivity index (χ3v) is 8.98. The van der Waals surface area contributed by atoms with E-state index in [-0.39, 0.29) is 0 Å². The van der Waals surface area contributed by atoms with Crippen LogP contribution in [0.4, 0.5) is 11.8 Å². The van der Waals surface area contributed by atoms with Gasteiger partial charge in [-0.1, -0.05) is 28.8 Å². The van der Waals surface area contributed by atoms with Crippen molar-refractivity contribution in [1.82, 2.24) is 9.97 Å². The van der Waals surface area contributed by atoms with Crippen LogP contribution in [0.5, 0.6) is 0 Å². The van der Waals surface area contributed by atoms with E-state index < -0.39 is 0 Å². The number of anilines is 2. The lowest BCUT2D eigenvalue weighted by Crippen LogP contribution is -2.22. The number of halogens is 1. The minimum atomic E-state index is 0.786. The molecule has 6 rings (SSSR count). The monoisotopic (exact) mass is 454 g/mol. The molecule has 2 aromatic rings. The Balaban J connectivity index is 1.21. The molecule has 0 saturated heterocycles. The smallest absolute Gasteiger partial charge is 0.225 e. The predicted octanol–water partition coefficient (Wildman–Crippen LogP) is 6.09. The first kappa shape index (κ1) is 18.4. The highest BCUT2D eigenvalue weighted by Gasteiger charge is 2.40. The molecule has 2 N–H and O–H groups in total. The van der Waals surface area contributed by atoms with Crippen LogP contribution in [0.25, 0.3) is 10.9 Å². The Morgan fingerprint density at radius 3 is 2.14 bits per heavy atom. The lowest BCUT2D eigenvalue weighted by molar-refractivity contribution is 0.347. The zero-order chi connectivity index (χ0) is 19.4. The van der Waals surface area contributed by atoms with Crippen LogP contribution in [-0.2, 0) is 0 Å². The predicted molar refractivity (Wildman–Crippen MR) is 122 cm³/mol. The molecular weight excluding hydrogens is 424 g/mol. The molecule has 154 valence electrons. The maximum absolute atomic E-state index is 4.93. The number of fused-ring (bicyclic) bond motifs is 5. The molecule has 0 spiro atoms. The molecule has 5 heteroatoms. The van der Waals surface area contributed by atoms with Crippen LogP contribution in [0.2, 0.25) is 0 Å². The van der Waals surface area contributed by atoms with E-state index in [9.17, 15) is 0 Å². The molecule has 6 unspecified atom stereocenters. The molecule has 1 heterocycles. The summed E-state index contributed by atoms with van der Waals surface area (Å²) in [6.07, 6.45) is 11.5. The molecule has 4 fully saturated rings. The fourth-order valence-corrected chi connectivity index (χ4v) is 7.37. The van der Waals surface area contributed by atoms with Crippen molar-refractivity contribution in [2.75, 3.05) is 23.7 Å². The Kier molecular flexibility index (Phi) is 4.70. The van der Waals surface area contributed by atoms with Gasteiger partial charge in [0.25, 0.3) is 0 Å². The van der Waals surface area contributed by atoms with Gasteiger partial charge in [-0.05, 0) is 92.2 Å². The van der Waals surface area contributed by atoms with Gasteiger partial charge in [-0.25, -0.2) is 4.98 Å². The molecule has 6 atom stereocenters. The van der Waals surface area contributed by atoms with Crippen LogP contribution < -0.4 is 10.6 Å². The quantitative estimate of drug-likeness (QED) is 0.554. The maximum Gasteiger partial charge on any atom is 0.225 e. The van der Waals surface area contributed by atoms with E-state index in [1.54, 1.807) is 0 Å². The number of nitrogens with zero attached hydrogens (tertiary/aromatic N) is 2. The van der Waals surface area contributed by atoms with E-state index in [0.717, 1.165) is 75.7 Å². The van der Waals surface area contributed by atoms with Crippen LogP contribution in [0.3, 0.4) is 0 Å². The molecule has 0 amide bonds. The number of rotatable bonds is 6. The number of aromatic nitrogens is 2. The summed E-state index contributed by atoms with van der Waals surface area (Å²) in [4.78, 5) is 9.77. The first-order valence-electron chi connectivity index (χ1n) is 11.7. The normalized spacial score (nSPS) is 34.9. The van der Waals surface area contributed by atoms with Crippen LogP contribution in [0.1, 0.15) is 51.4 Å². The van der Waals surface area contributed by atoms with Crippen LogP contribution in [0.15, 0.2) is 22.7 Å². The second kappa shape index (κ2) is 7.40. The van der Waals surface area contributed by atoms with Crippen molar-refractivity contribution >= 4 is 38.6 Å². The van der Waals surface area contributed by atoms with Crippen LogP contribution in [0, 0.1) is 35.5 Å². The van der Waals surface area contributed by atoms with E-state index in [1.165, 1.54) is 51.4 Å². The Hall–Kier alpha value is -1.36. The first-order chi connectivity index (χ1) is 14.2. The molecule has 1 aromatic heterocycles. The average molecular weight is 455 g/mol. The average Bonchev–Trinajstić information content (AvgIpc) is 3.51. The summed E-state index contributed by atoms with van der Waals surface area (Å²) in [7, 11) is 0. The van der Waals surface area contributed by atoms with Crippen molar-refractivity contribution in [1.29, 1.82) is 0 Å². The largest absolute Gasteiger partial charge is 0.369 e. The van der Waals surface area contributed by atoms with E-state index in [4.69, 9.17) is 9.97 Å². The van der Waals surface area contributed by atoms with Crippen molar-refractivity contribution in [3.05, 3.63) is 22.7 Å². The minimum absolute atomic E-state index is 0.786. The van der Waals surface area contributed by atoms with Gasteiger partial charge in [0.2, 0.25) is 5.95 Å². The second-order valence-corrected chi connectivity index (χ2v) is 11.1. The first-order valence-corrected chi connectivity index (χ1v) is 12.5. The SMILES string of the molecule is Brc1ccc2c(NCC3CC4CCC3C4)nc(NCC3CC4CCC3C4)nc2c1. The highest BCUT2D eigenvalue weighted by atomic mass is 79.9. The Labute approximate surface area is 181 Å². The van der Waals surface area contributed by atoms with E-state index >= 15 is 0 Å². The van der Waals surface area contributed by atoms with Gasteiger partial charge in [0, 0.05) is 22.9 Å². The Morgan fingerprint density at radius 1 is 0.828 bits per heavy atom. The summed E-state index contributed by atoms with van der Waals surface area (Å²) in [5.41, 5.74) is 1.01. The minimum Gasteiger partial charge on any atom is -0.369 e. The Bertz CT molecular complexity index is 915. The zero-order valence-corrected chi connectivity index (χ0v) is 18.6. The molecule has 4 nitrogen and oxygen atoms in total. The van der Waals surface area contributed by atoms with Crippen LogP contribution in [-0.4, -0.2) is 23.1 Å². The lowest BCUT2D eigenvalue weighted by Gasteiger charge is -2.23. The van der Waals surface area contributed by atoms with Crippen LogP contribution >= 0.6 is 15.9 Å². The molecule has 0 radical (unpaired) electrons. The van der Waals surface area contributed by atoms with Crippen molar-refractivity contribution < 1.29 is 0 Å². The summed E-state index contributed by atoms with van der Waals surface area (Å²) in [5, 5.41) is 8.45. The Morgan fingerprint density at radius 2 is 1.52 bits per heavy atom. The van der Waals surface area contributed by atoms with Crippen molar-refractivity contribution in [2.45, 2.75) is 51.4 Å². The van der Waals surface area contributed by atoms with Gasteiger partial charge in [0.05, 0.1) is 5.52 Å². The molecule has 4 bridgehead atoms. The summed E-state index contributed by atoms with van der Waals surface area (Å²) >= 11 is 3.61.